The molecular formula is C14H20ClNO. The predicted molar refractivity (Wildman–Crippen MR) is 71.5 cm³/mol. The van der Waals surface area contributed by atoms with Gasteiger partial charge in [-0.15, -0.1) is 0 Å². The average Bonchev–Trinajstić information content (AvgIpc) is 2.80. The van der Waals surface area contributed by atoms with Crippen LogP contribution in [-0.2, 0) is 0 Å². The van der Waals surface area contributed by atoms with Crippen LogP contribution < -0.4 is 10.5 Å². The fourth-order valence-electron chi connectivity index (χ4n) is 2.39. The predicted octanol–water partition coefficient (Wildman–Crippen LogP) is 3.93. The zero-order valence-corrected chi connectivity index (χ0v) is 11.0. The second-order valence-corrected chi connectivity index (χ2v) is 5.37. The quantitative estimate of drug-likeness (QED) is 0.883. The van der Waals surface area contributed by atoms with Gasteiger partial charge in [-0.1, -0.05) is 24.4 Å². The molecule has 0 bridgehead atoms. The lowest BCUT2D eigenvalue weighted by molar-refractivity contribution is 0.249. The molecule has 94 valence electrons. The minimum absolute atomic E-state index is 0.0488. The largest absolute Gasteiger partial charge is 0.493 e. The van der Waals surface area contributed by atoms with Crippen molar-refractivity contribution in [2.45, 2.75) is 38.6 Å². The second kappa shape index (κ2) is 5.74. The van der Waals surface area contributed by atoms with E-state index < -0.39 is 0 Å². The Labute approximate surface area is 108 Å². The number of hydrogen-bond acceptors (Lipinski definition) is 2. The minimum Gasteiger partial charge on any atom is -0.493 e. The Morgan fingerprint density at radius 2 is 2.12 bits per heavy atom. The van der Waals surface area contributed by atoms with Gasteiger partial charge in [-0.3, -0.25) is 0 Å². The standard InChI is InChI=1S/C14H20ClNO/c1-10(16)13-8-12(15)6-7-14(13)17-9-11-4-2-3-5-11/h6-8,10-11H,2-5,9,16H2,1H3/t10-/m0/s1. The zero-order chi connectivity index (χ0) is 12.3. The summed E-state index contributed by atoms with van der Waals surface area (Å²) in [6.07, 6.45) is 5.27. The molecular weight excluding hydrogens is 234 g/mol. The first kappa shape index (κ1) is 12.7. The summed E-state index contributed by atoms with van der Waals surface area (Å²) >= 11 is 5.98. The van der Waals surface area contributed by atoms with E-state index in [-0.39, 0.29) is 6.04 Å². The van der Waals surface area contributed by atoms with E-state index in [2.05, 4.69) is 0 Å². The summed E-state index contributed by atoms with van der Waals surface area (Å²) in [4.78, 5) is 0. The smallest absolute Gasteiger partial charge is 0.124 e. The SMILES string of the molecule is C[C@H](N)c1cc(Cl)ccc1OCC1CCCC1. The maximum Gasteiger partial charge on any atom is 0.124 e. The molecule has 1 atom stereocenters. The molecule has 2 N–H and O–H groups in total. The number of halogens is 1. The van der Waals surface area contributed by atoms with E-state index in [9.17, 15) is 0 Å². The van der Waals surface area contributed by atoms with Gasteiger partial charge in [0.1, 0.15) is 5.75 Å². The summed E-state index contributed by atoms with van der Waals surface area (Å²) in [5.41, 5.74) is 6.92. The molecule has 1 fully saturated rings. The van der Waals surface area contributed by atoms with Crippen LogP contribution in [0.3, 0.4) is 0 Å². The molecule has 1 aromatic rings. The van der Waals surface area contributed by atoms with Crippen LogP contribution in [0.25, 0.3) is 0 Å². The summed E-state index contributed by atoms with van der Waals surface area (Å²) in [6, 6.07) is 5.64. The van der Waals surface area contributed by atoms with Crippen LogP contribution in [0.2, 0.25) is 5.02 Å². The Balaban J connectivity index is 2.03. The van der Waals surface area contributed by atoms with Crippen LogP contribution in [0.1, 0.15) is 44.2 Å². The van der Waals surface area contributed by atoms with Crippen molar-refractivity contribution in [2.24, 2.45) is 11.7 Å². The van der Waals surface area contributed by atoms with Gasteiger partial charge in [0.05, 0.1) is 6.61 Å². The molecule has 0 aromatic heterocycles. The maximum absolute atomic E-state index is 5.98. The third kappa shape index (κ3) is 3.36. The highest BCUT2D eigenvalue weighted by Gasteiger charge is 2.17. The van der Waals surface area contributed by atoms with Crippen molar-refractivity contribution in [1.29, 1.82) is 0 Å². The summed E-state index contributed by atoms with van der Waals surface area (Å²) < 4.78 is 5.90. The Bertz CT molecular complexity index is 372. The average molecular weight is 254 g/mol. The van der Waals surface area contributed by atoms with Crippen LogP contribution >= 0.6 is 11.6 Å². The van der Waals surface area contributed by atoms with Gasteiger partial charge in [-0.05, 0) is 43.9 Å². The van der Waals surface area contributed by atoms with Gasteiger partial charge in [-0.2, -0.15) is 0 Å². The third-order valence-corrected chi connectivity index (χ3v) is 3.65. The van der Waals surface area contributed by atoms with E-state index in [0.717, 1.165) is 17.9 Å². The van der Waals surface area contributed by atoms with Gasteiger partial charge in [0, 0.05) is 16.6 Å². The highest BCUT2D eigenvalue weighted by Crippen LogP contribution is 2.30. The molecule has 0 aliphatic heterocycles. The van der Waals surface area contributed by atoms with Gasteiger partial charge in [0.15, 0.2) is 0 Å². The summed E-state index contributed by atoms with van der Waals surface area (Å²) in [5, 5.41) is 0.713. The first-order chi connectivity index (χ1) is 8.16. The van der Waals surface area contributed by atoms with Gasteiger partial charge in [0.2, 0.25) is 0 Å². The molecule has 17 heavy (non-hydrogen) atoms. The molecule has 1 aliphatic carbocycles. The lowest BCUT2D eigenvalue weighted by Crippen LogP contribution is -2.12. The highest BCUT2D eigenvalue weighted by molar-refractivity contribution is 6.30. The van der Waals surface area contributed by atoms with Crippen molar-refractivity contribution in [3.63, 3.8) is 0 Å². The van der Waals surface area contributed by atoms with E-state index >= 15 is 0 Å². The van der Waals surface area contributed by atoms with Gasteiger partial charge >= 0.3 is 0 Å². The molecule has 0 radical (unpaired) electrons. The zero-order valence-electron chi connectivity index (χ0n) is 10.3. The maximum atomic E-state index is 5.98. The Kier molecular flexibility index (Phi) is 4.30. The van der Waals surface area contributed by atoms with Gasteiger partial charge in [-0.25, -0.2) is 0 Å². The molecule has 0 unspecified atom stereocenters. The Hall–Kier alpha value is -0.730. The lowest BCUT2D eigenvalue weighted by atomic mass is 10.1. The molecule has 3 heteroatoms. The van der Waals surface area contributed by atoms with Crippen molar-refractivity contribution >= 4 is 11.6 Å². The van der Waals surface area contributed by atoms with Gasteiger partial charge < -0.3 is 10.5 Å². The molecule has 1 aromatic carbocycles. The Morgan fingerprint density at radius 3 is 2.76 bits per heavy atom. The fraction of sp³-hybridized carbons (Fsp3) is 0.571. The van der Waals surface area contributed by atoms with Crippen LogP contribution in [0.15, 0.2) is 18.2 Å². The fourth-order valence-corrected chi connectivity index (χ4v) is 2.57. The van der Waals surface area contributed by atoms with E-state index in [1.165, 1.54) is 25.7 Å². The van der Waals surface area contributed by atoms with Gasteiger partial charge in [0.25, 0.3) is 0 Å². The van der Waals surface area contributed by atoms with E-state index in [0.29, 0.717) is 10.9 Å². The summed E-state index contributed by atoms with van der Waals surface area (Å²) in [6.45, 7) is 2.76. The van der Waals surface area contributed by atoms with Crippen molar-refractivity contribution in [1.82, 2.24) is 0 Å². The monoisotopic (exact) mass is 253 g/mol. The molecule has 0 saturated heterocycles. The normalized spacial score (nSPS) is 18.3. The number of rotatable bonds is 4. The Morgan fingerprint density at radius 1 is 1.41 bits per heavy atom. The van der Waals surface area contributed by atoms with E-state index in [4.69, 9.17) is 22.1 Å². The number of ether oxygens (including phenoxy) is 1. The molecule has 0 heterocycles. The lowest BCUT2D eigenvalue weighted by Gasteiger charge is -2.16. The van der Waals surface area contributed by atoms with Crippen molar-refractivity contribution < 1.29 is 4.74 Å². The second-order valence-electron chi connectivity index (χ2n) is 4.93. The number of nitrogens with two attached hydrogens (primary N) is 1. The van der Waals surface area contributed by atoms with Crippen LogP contribution in [-0.4, -0.2) is 6.61 Å². The summed E-state index contributed by atoms with van der Waals surface area (Å²) in [7, 11) is 0. The van der Waals surface area contributed by atoms with Crippen molar-refractivity contribution in [3.05, 3.63) is 28.8 Å². The third-order valence-electron chi connectivity index (χ3n) is 3.41. The van der Waals surface area contributed by atoms with E-state index in [1.54, 1.807) is 0 Å². The van der Waals surface area contributed by atoms with Crippen LogP contribution in [0, 0.1) is 5.92 Å². The molecule has 2 rings (SSSR count). The number of benzene rings is 1. The van der Waals surface area contributed by atoms with Crippen molar-refractivity contribution in [2.75, 3.05) is 6.61 Å². The molecule has 0 spiro atoms. The minimum atomic E-state index is -0.0488. The van der Waals surface area contributed by atoms with Crippen molar-refractivity contribution in [3.8, 4) is 5.75 Å². The first-order valence-electron chi connectivity index (χ1n) is 6.34. The topological polar surface area (TPSA) is 35.2 Å². The summed E-state index contributed by atoms with van der Waals surface area (Å²) in [5.74, 6) is 1.60. The van der Waals surface area contributed by atoms with E-state index in [1.807, 2.05) is 25.1 Å². The molecule has 0 amide bonds. The molecule has 2 nitrogen and oxygen atoms in total. The number of hydrogen-bond donors (Lipinski definition) is 1. The molecule has 1 saturated carbocycles. The van der Waals surface area contributed by atoms with Crippen LogP contribution in [0.4, 0.5) is 0 Å². The first-order valence-corrected chi connectivity index (χ1v) is 6.72. The molecule has 1 aliphatic rings. The van der Waals surface area contributed by atoms with Crippen LogP contribution in [0.5, 0.6) is 5.75 Å². The highest BCUT2D eigenvalue weighted by atomic mass is 35.5.